The van der Waals surface area contributed by atoms with E-state index in [0.717, 1.165) is 11.1 Å². The predicted octanol–water partition coefficient (Wildman–Crippen LogP) is 3.43. The summed E-state index contributed by atoms with van der Waals surface area (Å²) >= 11 is 0. The smallest absolute Gasteiger partial charge is 0.237 e. The van der Waals surface area contributed by atoms with Crippen LogP contribution in [-0.2, 0) is 6.61 Å². The molecule has 0 unspecified atom stereocenters. The Labute approximate surface area is 122 Å². The highest BCUT2D eigenvalue weighted by Gasteiger charge is 2.01. The molecule has 3 aromatic rings. The molecular weight excluding hydrogens is 264 g/mol. The zero-order valence-corrected chi connectivity index (χ0v) is 11.3. The van der Waals surface area contributed by atoms with Gasteiger partial charge in [-0.25, -0.2) is 4.98 Å². The summed E-state index contributed by atoms with van der Waals surface area (Å²) in [5.41, 5.74) is 2.81. The van der Waals surface area contributed by atoms with Crippen molar-refractivity contribution in [1.29, 1.82) is 0 Å². The molecule has 0 saturated carbocycles. The summed E-state index contributed by atoms with van der Waals surface area (Å²) in [7, 11) is 0. The van der Waals surface area contributed by atoms with Crippen molar-refractivity contribution in [2.24, 2.45) is 0 Å². The third kappa shape index (κ3) is 3.24. The molecule has 1 aromatic heterocycles. The molecule has 104 valence electrons. The first-order valence-electron chi connectivity index (χ1n) is 6.60. The fraction of sp³-hybridized carbons (Fsp3) is 0.0588. The molecule has 0 fully saturated rings. The van der Waals surface area contributed by atoms with Crippen LogP contribution < -0.4 is 4.74 Å². The van der Waals surface area contributed by atoms with Gasteiger partial charge < -0.3 is 9.84 Å². The zero-order valence-electron chi connectivity index (χ0n) is 11.3. The molecular formula is C17H14N2O2. The van der Waals surface area contributed by atoms with Gasteiger partial charge in [0.1, 0.15) is 5.75 Å². The Hall–Kier alpha value is -2.72. The molecule has 21 heavy (non-hydrogen) atoms. The fourth-order valence-electron chi connectivity index (χ4n) is 1.94. The monoisotopic (exact) mass is 278 g/mol. The first-order valence-corrected chi connectivity index (χ1v) is 6.60. The van der Waals surface area contributed by atoms with E-state index in [9.17, 15) is 0 Å². The van der Waals surface area contributed by atoms with Crippen LogP contribution in [0.1, 0.15) is 5.69 Å². The van der Waals surface area contributed by atoms with Gasteiger partial charge in [-0.2, -0.15) is 0 Å². The Balaban J connectivity index is 1.75. The van der Waals surface area contributed by atoms with Crippen molar-refractivity contribution in [1.82, 2.24) is 9.97 Å². The molecule has 1 N–H and O–H groups in total. The van der Waals surface area contributed by atoms with Gasteiger partial charge >= 0.3 is 0 Å². The largest absolute Gasteiger partial charge is 0.438 e. The second kappa shape index (κ2) is 6.15. The molecule has 4 heteroatoms. The van der Waals surface area contributed by atoms with Crippen LogP contribution in [0.5, 0.6) is 11.6 Å². The van der Waals surface area contributed by atoms with E-state index in [1.807, 2.05) is 42.5 Å². The van der Waals surface area contributed by atoms with Crippen LogP contribution in [-0.4, -0.2) is 15.1 Å². The van der Waals surface area contributed by atoms with Gasteiger partial charge in [0.05, 0.1) is 24.7 Å². The number of rotatable bonds is 4. The molecule has 1 heterocycles. The maximum atomic E-state index is 8.91. The highest BCUT2D eigenvalue weighted by molar-refractivity contribution is 5.63. The fourth-order valence-corrected chi connectivity index (χ4v) is 1.94. The van der Waals surface area contributed by atoms with Crippen molar-refractivity contribution in [3.8, 4) is 22.8 Å². The lowest BCUT2D eigenvalue weighted by Crippen LogP contribution is -1.93. The molecule has 0 bridgehead atoms. The topological polar surface area (TPSA) is 55.2 Å². The lowest BCUT2D eigenvalue weighted by molar-refractivity contribution is 0.276. The summed E-state index contributed by atoms with van der Waals surface area (Å²) in [6.07, 6.45) is 2.99. The lowest BCUT2D eigenvalue weighted by Gasteiger charge is -2.06. The van der Waals surface area contributed by atoms with Gasteiger partial charge in [0.15, 0.2) is 0 Å². The van der Waals surface area contributed by atoms with Gasteiger partial charge in [-0.3, -0.25) is 4.98 Å². The molecule has 3 rings (SSSR count). The van der Waals surface area contributed by atoms with E-state index in [1.165, 1.54) is 12.4 Å². The second-order valence-corrected chi connectivity index (χ2v) is 4.50. The average molecular weight is 278 g/mol. The normalized spacial score (nSPS) is 10.3. The highest BCUT2D eigenvalue weighted by Crippen LogP contribution is 2.24. The van der Waals surface area contributed by atoms with Crippen molar-refractivity contribution < 1.29 is 9.84 Å². The Morgan fingerprint density at radius 3 is 2.14 bits per heavy atom. The zero-order chi connectivity index (χ0) is 14.5. The number of nitrogens with zero attached hydrogens (tertiary/aromatic N) is 2. The van der Waals surface area contributed by atoms with Crippen LogP contribution in [0.15, 0.2) is 67.0 Å². The molecule has 0 saturated heterocycles. The minimum absolute atomic E-state index is 0.126. The average Bonchev–Trinajstić information content (AvgIpc) is 2.57. The Morgan fingerprint density at radius 2 is 1.52 bits per heavy atom. The minimum Gasteiger partial charge on any atom is -0.438 e. The van der Waals surface area contributed by atoms with Gasteiger partial charge in [0, 0.05) is 0 Å². The van der Waals surface area contributed by atoms with E-state index >= 15 is 0 Å². The summed E-state index contributed by atoms with van der Waals surface area (Å²) in [5, 5.41) is 8.91. The number of benzene rings is 2. The van der Waals surface area contributed by atoms with E-state index in [2.05, 4.69) is 22.1 Å². The van der Waals surface area contributed by atoms with E-state index in [0.29, 0.717) is 17.3 Å². The molecule has 0 aliphatic rings. The van der Waals surface area contributed by atoms with Gasteiger partial charge in [0.25, 0.3) is 0 Å². The first kappa shape index (κ1) is 13.3. The molecule has 2 aromatic carbocycles. The number of aromatic nitrogens is 2. The summed E-state index contributed by atoms with van der Waals surface area (Å²) in [4.78, 5) is 8.10. The highest BCUT2D eigenvalue weighted by atomic mass is 16.5. The maximum Gasteiger partial charge on any atom is 0.237 e. The van der Waals surface area contributed by atoms with Gasteiger partial charge in [0.2, 0.25) is 5.88 Å². The van der Waals surface area contributed by atoms with Crippen molar-refractivity contribution in [3.05, 3.63) is 72.7 Å². The maximum absolute atomic E-state index is 8.91. The SMILES string of the molecule is OCc1cnc(Oc2ccc(-c3ccccc3)cc2)cn1. The van der Waals surface area contributed by atoms with Crippen LogP contribution in [0.25, 0.3) is 11.1 Å². The van der Waals surface area contributed by atoms with Crippen LogP contribution >= 0.6 is 0 Å². The van der Waals surface area contributed by atoms with Crippen molar-refractivity contribution >= 4 is 0 Å². The summed E-state index contributed by atoms with van der Waals surface area (Å²) < 4.78 is 5.61. The lowest BCUT2D eigenvalue weighted by atomic mass is 10.1. The minimum atomic E-state index is -0.126. The van der Waals surface area contributed by atoms with Gasteiger partial charge in [-0.05, 0) is 23.3 Å². The molecule has 0 spiro atoms. The van der Waals surface area contributed by atoms with E-state index < -0.39 is 0 Å². The second-order valence-electron chi connectivity index (χ2n) is 4.50. The standard InChI is InChI=1S/C17H14N2O2/c20-12-15-10-19-17(11-18-15)21-16-8-6-14(7-9-16)13-4-2-1-3-5-13/h1-11,20H,12H2. The molecule has 0 amide bonds. The first-order chi connectivity index (χ1) is 10.3. The molecule has 0 aliphatic carbocycles. The third-order valence-corrected chi connectivity index (χ3v) is 3.03. The molecule has 0 atom stereocenters. The number of hydrogen-bond donors (Lipinski definition) is 1. The van der Waals surface area contributed by atoms with E-state index in [-0.39, 0.29) is 6.61 Å². The van der Waals surface area contributed by atoms with Crippen LogP contribution in [0.3, 0.4) is 0 Å². The number of hydrogen-bond acceptors (Lipinski definition) is 4. The Kier molecular flexibility index (Phi) is 3.89. The van der Waals surface area contributed by atoms with E-state index in [4.69, 9.17) is 9.84 Å². The van der Waals surface area contributed by atoms with Crippen LogP contribution in [0.2, 0.25) is 0 Å². The molecule has 0 radical (unpaired) electrons. The Bertz CT molecular complexity index is 695. The summed E-state index contributed by atoms with van der Waals surface area (Å²) in [6.45, 7) is -0.126. The van der Waals surface area contributed by atoms with Gasteiger partial charge in [-0.15, -0.1) is 0 Å². The summed E-state index contributed by atoms with van der Waals surface area (Å²) in [6, 6.07) is 17.9. The Morgan fingerprint density at radius 1 is 0.810 bits per heavy atom. The van der Waals surface area contributed by atoms with E-state index in [1.54, 1.807) is 0 Å². The third-order valence-electron chi connectivity index (χ3n) is 3.03. The predicted molar refractivity (Wildman–Crippen MR) is 79.9 cm³/mol. The van der Waals surface area contributed by atoms with Crippen molar-refractivity contribution in [2.75, 3.05) is 0 Å². The number of ether oxygens (including phenoxy) is 1. The van der Waals surface area contributed by atoms with Crippen LogP contribution in [0.4, 0.5) is 0 Å². The van der Waals surface area contributed by atoms with Gasteiger partial charge in [-0.1, -0.05) is 42.5 Å². The molecule has 4 nitrogen and oxygen atoms in total. The van der Waals surface area contributed by atoms with Crippen molar-refractivity contribution in [2.45, 2.75) is 6.61 Å². The quantitative estimate of drug-likeness (QED) is 0.794. The number of aliphatic hydroxyl groups is 1. The summed E-state index contributed by atoms with van der Waals surface area (Å²) in [5.74, 6) is 1.10. The van der Waals surface area contributed by atoms with Crippen LogP contribution in [0, 0.1) is 0 Å². The van der Waals surface area contributed by atoms with Crippen molar-refractivity contribution in [3.63, 3.8) is 0 Å². The number of aliphatic hydroxyl groups excluding tert-OH is 1. The molecule has 0 aliphatic heterocycles.